The average molecular weight is 228 g/mol. The van der Waals surface area contributed by atoms with Gasteiger partial charge in [0.15, 0.2) is 5.78 Å². The number of aromatic hydroxyl groups is 1. The summed E-state index contributed by atoms with van der Waals surface area (Å²) < 4.78 is 0. The van der Waals surface area contributed by atoms with Crippen LogP contribution >= 0.6 is 11.6 Å². The highest BCUT2D eigenvalue weighted by molar-refractivity contribution is 6.27. The monoisotopic (exact) mass is 227 g/mol. The van der Waals surface area contributed by atoms with Crippen molar-refractivity contribution in [3.63, 3.8) is 0 Å². The van der Waals surface area contributed by atoms with Crippen LogP contribution in [0.2, 0.25) is 0 Å². The predicted octanol–water partition coefficient (Wildman–Crippen LogP) is 0.930. The van der Waals surface area contributed by atoms with Gasteiger partial charge < -0.3 is 10.4 Å². The molecular formula is C10H10ClNO3. The first-order chi connectivity index (χ1) is 7.13. The van der Waals surface area contributed by atoms with E-state index in [1.165, 1.54) is 24.3 Å². The Balaban J connectivity index is 2.54. The quantitative estimate of drug-likeness (QED) is 0.594. The number of carbonyl (C=O) groups excluding carboxylic acids is 2. The van der Waals surface area contributed by atoms with Gasteiger partial charge in [0.25, 0.3) is 0 Å². The molecule has 0 saturated heterocycles. The summed E-state index contributed by atoms with van der Waals surface area (Å²) in [6.45, 7) is -0.0870. The van der Waals surface area contributed by atoms with Crippen molar-refractivity contribution in [2.75, 3.05) is 12.4 Å². The largest absolute Gasteiger partial charge is 0.508 e. The lowest BCUT2D eigenvalue weighted by Gasteiger charge is -2.02. The molecule has 1 aromatic rings. The van der Waals surface area contributed by atoms with Crippen LogP contribution in [-0.2, 0) is 4.79 Å². The topological polar surface area (TPSA) is 66.4 Å². The molecule has 4 nitrogen and oxygen atoms in total. The number of ketones is 1. The van der Waals surface area contributed by atoms with E-state index >= 15 is 0 Å². The van der Waals surface area contributed by atoms with Gasteiger partial charge in [0, 0.05) is 5.56 Å². The standard InChI is InChI=1S/C10H10ClNO3/c11-5-10(15)12-6-9(14)7-1-3-8(13)4-2-7/h1-4,13H,5-6H2,(H,12,15). The van der Waals surface area contributed by atoms with Crippen molar-refractivity contribution >= 4 is 23.3 Å². The Labute approximate surface area is 91.9 Å². The fourth-order valence-electron chi connectivity index (χ4n) is 0.975. The number of amides is 1. The molecule has 1 aromatic carbocycles. The molecule has 0 spiro atoms. The van der Waals surface area contributed by atoms with Gasteiger partial charge in [0.2, 0.25) is 5.91 Å². The summed E-state index contributed by atoms with van der Waals surface area (Å²) in [5.41, 5.74) is 0.433. The van der Waals surface area contributed by atoms with Crippen molar-refractivity contribution < 1.29 is 14.7 Å². The number of carbonyl (C=O) groups is 2. The average Bonchev–Trinajstić information content (AvgIpc) is 2.26. The van der Waals surface area contributed by atoms with Crippen LogP contribution in [0.5, 0.6) is 5.75 Å². The fraction of sp³-hybridized carbons (Fsp3) is 0.200. The van der Waals surface area contributed by atoms with E-state index < -0.39 is 0 Å². The highest BCUT2D eigenvalue weighted by Gasteiger charge is 2.06. The number of phenolic OH excluding ortho intramolecular Hbond substituents is 1. The predicted molar refractivity (Wildman–Crippen MR) is 56.2 cm³/mol. The molecule has 0 saturated carbocycles. The van der Waals surface area contributed by atoms with E-state index in [0.717, 1.165) is 0 Å². The molecule has 0 radical (unpaired) electrons. The van der Waals surface area contributed by atoms with E-state index in [4.69, 9.17) is 16.7 Å². The maximum Gasteiger partial charge on any atom is 0.235 e. The molecular weight excluding hydrogens is 218 g/mol. The minimum absolute atomic E-state index is 0.0870. The summed E-state index contributed by atoms with van der Waals surface area (Å²) in [5, 5.41) is 11.4. The van der Waals surface area contributed by atoms with Gasteiger partial charge >= 0.3 is 0 Å². The molecule has 0 fully saturated rings. The van der Waals surface area contributed by atoms with Crippen LogP contribution in [0, 0.1) is 0 Å². The molecule has 0 heterocycles. The van der Waals surface area contributed by atoms with Gasteiger partial charge in [-0.2, -0.15) is 0 Å². The van der Waals surface area contributed by atoms with Crippen LogP contribution in [0.3, 0.4) is 0 Å². The second kappa shape index (κ2) is 5.36. The first-order valence-corrected chi connectivity index (χ1v) is 4.82. The van der Waals surface area contributed by atoms with Gasteiger partial charge in [-0.25, -0.2) is 0 Å². The Morgan fingerprint density at radius 3 is 2.40 bits per heavy atom. The zero-order valence-electron chi connectivity index (χ0n) is 7.87. The lowest BCUT2D eigenvalue weighted by Crippen LogP contribution is -2.30. The first kappa shape index (κ1) is 11.5. The molecule has 15 heavy (non-hydrogen) atoms. The van der Waals surface area contributed by atoms with Crippen LogP contribution in [0.25, 0.3) is 0 Å². The number of nitrogens with one attached hydrogen (secondary N) is 1. The molecule has 0 aromatic heterocycles. The third-order valence-electron chi connectivity index (χ3n) is 1.76. The molecule has 2 N–H and O–H groups in total. The Hall–Kier alpha value is -1.55. The number of hydrogen-bond acceptors (Lipinski definition) is 3. The lowest BCUT2D eigenvalue weighted by atomic mass is 10.1. The van der Waals surface area contributed by atoms with E-state index in [0.29, 0.717) is 5.56 Å². The van der Waals surface area contributed by atoms with Crippen LogP contribution < -0.4 is 5.32 Å². The molecule has 0 aliphatic heterocycles. The van der Waals surface area contributed by atoms with Crippen molar-refractivity contribution in [3.8, 4) is 5.75 Å². The van der Waals surface area contributed by atoms with Gasteiger partial charge in [-0.1, -0.05) is 0 Å². The van der Waals surface area contributed by atoms with Crippen molar-refractivity contribution in [1.29, 1.82) is 0 Å². The molecule has 0 aliphatic rings. The summed E-state index contributed by atoms with van der Waals surface area (Å²) in [5.74, 6) is -0.684. The van der Waals surface area contributed by atoms with E-state index in [9.17, 15) is 9.59 Å². The van der Waals surface area contributed by atoms with Gasteiger partial charge in [0.05, 0.1) is 6.54 Å². The fourth-order valence-corrected chi connectivity index (χ4v) is 1.07. The Morgan fingerprint density at radius 1 is 1.27 bits per heavy atom. The lowest BCUT2D eigenvalue weighted by molar-refractivity contribution is -0.118. The van der Waals surface area contributed by atoms with Gasteiger partial charge in [0.1, 0.15) is 11.6 Å². The number of hydrogen-bond donors (Lipinski definition) is 2. The number of alkyl halides is 1. The Bertz CT molecular complexity index is 361. The molecule has 0 bridgehead atoms. The highest BCUT2D eigenvalue weighted by Crippen LogP contribution is 2.09. The van der Waals surface area contributed by atoms with Gasteiger partial charge in [-0.15, -0.1) is 11.6 Å². The van der Waals surface area contributed by atoms with Crippen molar-refractivity contribution in [1.82, 2.24) is 5.32 Å². The number of benzene rings is 1. The number of rotatable bonds is 4. The maximum atomic E-state index is 11.4. The van der Waals surface area contributed by atoms with Crippen LogP contribution in [0.15, 0.2) is 24.3 Å². The molecule has 0 atom stereocenters. The Morgan fingerprint density at radius 2 is 1.87 bits per heavy atom. The molecule has 80 valence electrons. The van der Waals surface area contributed by atoms with Crippen molar-refractivity contribution in [2.45, 2.75) is 0 Å². The third-order valence-corrected chi connectivity index (χ3v) is 2.00. The second-order valence-corrected chi connectivity index (χ2v) is 3.15. The molecule has 5 heteroatoms. The van der Waals surface area contributed by atoms with Crippen molar-refractivity contribution in [3.05, 3.63) is 29.8 Å². The van der Waals surface area contributed by atoms with Gasteiger partial charge in [-0.3, -0.25) is 9.59 Å². The zero-order valence-corrected chi connectivity index (χ0v) is 8.62. The molecule has 1 amide bonds. The van der Waals surface area contributed by atoms with Crippen molar-refractivity contribution in [2.24, 2.45) is 0 Å². The van der Waals surface area contributed by atoms with Crippen LogP contribution in [-0.4, -0.2) is 29.2 Å². The van der Waals surface area contributed by atoms with Crippen LogP contribution in [0.1, 0.15) is 10.4 Å². The smallest absolute Gasteiger partial charge is 0.235 e. The summed E-state index contributed by atoms with van der Waals surface area (Å²) in [4.78, 5) is 22.2. The minimum Gasteiger partial charge on any atom is -0.508 e. The molecule has 1 rings (SSSR count). The highest BCUT2D eigenvalue weighted by atomic mass is 35.5. The van der Waals surface area contributed by atoms with E-state index in [1.54, 1.807) is 0 Å². The summed E-state index contributed by atoms with van der Waals surface area (Å²) in [7, 11) is 0. The SMILES string of the molecule is O=C(CCl)NCC(=O)c1ccc(O)cc1. The van der Waals surface area contributed by atoms with E-state index in [2.05, 4.69) is 5.32 Å². The van der Waals surface area contributed by atoms with Gasteiger partial charge in [-0.05, 0) is 24.3 Å². The third kappa shape index (κ3) is 3.59. The van der Waals surface area contributed by atoms with E-state index in [1.807, 2.05) is 0 Å². The zero-order chi connectivity index (χ0) is 11.3. The minimum atomic E-state index is -0.385. The first-order valence-electron chi connectivity index (χ1n) is 4.28. The normalized spacial score (nSPS) is 9.67. The summed E-state index contributed by atoms with van der Waals surface area (Å²) in [6.07, 6.45) is 0. The number of phenols is 1. The van der Waals surface area contributed by atoms with E-state index in [-0.39, 0.29) is 29.9 Å². The molecule has 0 unspecified atom stereocenters. The number of halogens is 1. The van der Waals surface area contributed by atoms with Crippen LogP contribution in [0.4, 0.5) is 0 Å². The summed E-state index contributed by atoms with van der Waals surface area (Å²) in [6, 6.07) is 5.81. The Kier molecular flexibility index (Phi) is 4.12. The number of Topliss-reactive ketones (excluding diaryl/α,β-unsaturated/α-hetero) is 1. The molecule has 0 aliphatic carbocycles. The second-order valence-electron chi connectivity index (χ2n) is 2.88. The summed E-state index contributed by atoms with van der Waals surface area (Å²) >= 11 is 5.25. The maximum absolute atomic E-state index is 11.4.